The monoisotopic (exact) mass is 291 g/mol. The summed E-state index contributed by atoms with van der Waals surface area (Å²) < 4.78 is 37.7. The van der Waals surface area contributed by atoms with Crippen molar-refractivity contribution in [1.29, 1.82) is 0 Å². The Balaban J connectivity index is 1.86. The van der Waals surface area contributed by atoms with Crippen molar-refractivity contribution in [2.45, 2.75) is 31.5 Å². The maximum Gasteiger partial charge on any atom is 0.416 e. The first-order valence-electron chi connectivity index (χ1n) is 6.99. The van der Waals surface area contributed by atoms with E-state index in [0.717, 1.165) is 37.0 Å². The summed E-state index contributed by atoms with van der Waals surface area (Å²) >= 11 is 0. The van der Waals surface area contributed by atoms with E-state index in [1.807, 2.05) is 6.07 Å². The molecule has 1 aliphatic carbocycles. The minimum atomic E-state index is -4.31. The Labute approximate surface area is 121 Å². The molecule has 0 radical (unpaired) electrons. The second-order valence-corrected chi connectivity index (χ2v) is 5.48. The molecule has 2 N–H and O–H groups in total. The molecule has 1 atom stereocenters. The first kappa shape index (κ1) is 14.1. The van der Waals surface area contributed by atoms with Crippen molar-refractivity contribution < 1.29 is 13.2 Å². The molecule has 0 aliphatic heterocycles. The van der Waals surface area contributed by atoms with Gasteiger partial charge in [-0.25, -0.2) is 0 Å². The predicted molar refractivity (Wildman–Crippen MR) is 75.9 cm³/mol. The Bertz CT molecular complexity index is 644. The fraction of sp³-hybridized carbons (Fsp3) is 0.294. The molecule has 4 heteroatoms. The highest BCUT2D eigenvalue weighted by Crippen LogP contribution is 2.31. The smallest absolute Gasteiger partial charge is 0.320 e. The van der Waals surface area contributed by atoms with E-state index in [-0.39, 0.29) is 0 Å². The van der Waals surface area contributed by atoms with Crippen molar-refractivity contribution in [1.82, 2.24) is 0 Å². The van der Waals surface area contributed by atoms with E-state index in [9.17, 15) is 13.2 Å². The third-order valence-electron chi connectivity index (χ3n) is 4.08. The third-order valence-corrected chi connectivity index (χ3v) is 4.08. The molecule has 2 aromatic carbocycles. The Hall–Kier alpha value is -1.81. The zero-order valence-corrected chi connectivity index (χ0v) is 11.5. The van der Waals surface area contributed by atoms with E-state index >= 15 is 0 Å². The number of hydrogen-bond donors (Lipinski definition) is 1. The van der Waals surface area contributed by atoms with Gasteiger partial charge in [-0.05, 0) is 53.6 Å². The lowest BCUT2D eigenvalue weighted by Gasteiger charge is -2.15. The number of halogens is 3. The normalized spacial score (nSPS) is 15.8. The minimum Gasteiger partial charge on any atom is -0.320 e. The molecular weight excluding hydrogens is 275 g/mol. The quantitative estimate of drug-likeness (QED) is 0.880. The van der Waals surface area contributed by atoms with Gasteiger partial charge in [0.05, 0.1) is 11.6 Å². The van der Waals surface area contributed by atoms with Crippen LogP contribution in [-0.4, -0.2) is 0 Å². The van der Waals surface area contributed by atoms with E-state index in [2.05, 4.69) is 12.1 Å². The SMILES string of the molecule is NC(c1ccc(C(F)(F)F)cc1)c1ccc2c(c1)CCC2. The number of fused-ring (bicyclic) bond motifs is 1. The van der Waals surface area contributed by atoms with Crippen molar-refractivity contribution >= 4 is 0 Å². The summed E-state index contributed by atoms with van der Waals surface area (Å²) in [6.45, 7) is 0. The molecule has 1 unspecified atom stereocenters. The number of nitrogens with two attached hydrogens (primary N) is 1. The molecule has 0 bridgehead atoms. The van der Waals surface area contributed by atoms with Crippen molar-refractivity contribution in [2.24, 2.45) is 5.73 Å². The van der Waals surface area contributed by atoms with Crippen LogP contribution >= 0.6 is 0 Å². The lowest BCUT2D eigenvalue weighted by molar-refractivity contribution is -0.137. The zero-order chi connectivity index (χ0) is 15.0. The predicted octanol–water partition coefficient (Wildman–Crippen LogP) is 4.24. The summed E-state index contributed by atoms with van der Waals surface area (Å²) in [6, 6.07) is 10.9. The van der Waals surface area contributed by atoms with Gasteiger partial charge in [-0.1, -0.05) is 30.3 Å². The standard InChI is InChI=1S/C17H16F3N/c18-17(19,20)15-8-6-12(7-9-15)16(21)14-5-4-11-2-1-3-13(11)10-14/h4-10,16H,1-3,21H2. The Kier molecular flexibility index (Phi) is 3.49. The lowest BCUT2D eigenvalue weighted by atomic mass is 9.96. The Morgan fingerprint density at radius 1 is 0.857 bits per heavy atom. The van der Waals surface area contributed by atoms with Crippen LogP contribution in [0.25, 0.3) is 0 Å². The highest BCUT2D eigenvalue weighted by atomic mass is 19.4. The number of rotatable bonds is 2. The van der Waals surface area contributed by atoms with E-state index in [0.29, 0.717) is 5.56 Å². The van der Waals surface area contributed by atoms with E-state index in [1.165, 1.54) is 23.3 Å². The van der Waals surface area contributed by atoms with Crippen molar-refractivity contribution in [2.75, 3.05) is 0 Å². The summed E-state index contributed by atoms with van der Waals surface area (Å²) in [5.74, 6) is 0. The maximum atomic E-state index is 12.6. The van der Waals surface area contributed by atoms with Gasteiger partial charge in [-0.15, -0.1) is 0 Å². The van der Waals surface area contributed by atoms with Gasteiger partial charge in [-0.2, -0.15) is 13.2 Å². The molecule has 1 aliphatic rings. The lowest BCUT2D eigenvalue weighted by Crippen LogP contribution is -2.13. The highest BCUT2D eigenvalue weighted by molar-refractivity contribution is 5.40. The molecule has 0 saturated heterocycles. The van der Waals surface area contributed by atoms with Gasteiger partial charge in [0.25, 0.3) is 0 Å². The molecule has 0 aromatic heterocycles. The molecule has 21 heavy (non-hydrogen) atoms. The second-order valence-electron chi connectivity index (χ2n) is 5.48. The summed E-state index contributed by atoms with van der Waals surface area (Å²) in [6.07, 6.45) is -0.988. The number of hydrogen-bond acceptors (Lipinski definition) is 1. The molecule has 0 amide bonds. The topological polar surface area (TPSA) is 26.0 Å². The summed E-state index contributed by atoms with van der Waals surface area (Å²) in [4.78, 5) is 0. The van der Waals surface area contributed by atoms with Gasteiger partial charge in [0.1, 0.15) is 0 Å². The fourth-order valence-corrected chi connectivity index (χ4v) is 2.86. The third kappa shape index (κ3) is 2.81. The minimum absolute atomic E-state index is 0.391. The second kappa shape index (κ2) is 5.19. The molecule has 0 fully saturated rings. The van der Waals surface area contributed by atoms with Crippen LogP contribution in [0, 0.1) is 0 Å². The van der Waals surface area contributed by atoms with E-state index < -0.39 is 17.8 Å². The molecule has 2 aromatic rings. The number of aryl methyl sites for hydroxylation is 2. The first-order chi connectivity index (χ1) is 9.95. The van der Waals surface area contributed by atoms with Gasteiger partial charge in [0.15, 0.2) is 0 Å². The average Bonchev–Trinajstić information content (AvgIpc) is 2.93. The van der Waals surface area contributed by atoms with Crippen molar-refractivity contribution in [3.63, 3.8) is 0 Å². The van der Waals surface area contributed by atoms with Crippen LogP contribution in [-0.2, 0) is 19.0 Å². The fourth-order valence-electron chi connectivity index (χ4n) is 2.86. The van der Waals surface area contributed by atoms with E-state index in [1.54, 1.807) is 0 Å². The maximum absolute atomic E-state index is 12.6. The van der Waals surface area contributed by atoms with Crippen LogP contribution in [0.4, 0.5) is 13.2 Å². The van der Waals surface area contributed by atoms with Gasteiger partial charge in [-0.3, -0.25) is 0 Å². The van der Waals surface area contributed by atoms with Gasteiger partial charge >= 0.3 is 6.18 Å². The number of alkyl halides is 3. The van der Waals surface area contributed by atoms with Gasteiger partial charge in [0.2, 0.25) is 0 Å². The van der Waals surface area contributed by atoms with Crippen LogP contribution in [0.5, 0.6) is 0 Å². The molecule has 0 spiro atoms. The average molecular weight is 291 g/mol. The summed E-state index contributed by atoms with van der Waals surface area (Å²) in [5.41, 5.74) is 9.87. The summed E-state index contributed by atoms with van der Waals surface area (Å²) in [5, 5.41) is 0. The Morgan fingerprint density at radius 3 is 2.14 bits per heavy atom. The molecule has 0 heterocycles. The molecule has 110 valence electrons. The molecule has 0 saturated carbocycles. The Morgan fingerprint density at radius 2 is 1.48 bits per heavy atom. The number of benzene rings is 2. The van der Waals surface area contributed by atoms with Crippen LogP contribution in [0.2, 0.25) is 0 Å². The van der Waals surface area contributed by atoms with Crippen molar-refractivity contribution in [3.05, 3.63) is 70.3 Å². The van der Waals surface area contributed by atoms with Crippen LogP contribution < -0.4 is 5.73 Å². The largest absolute Gasteiger partial charge is 0.416 e. The van der Waals surface area contributed by atoms with Crippen LogP contribution in [0.15, 0.2) is 42.5 Å². The van der Waals surface area contributed by atoms with Gasteiger partial charge in [0, 0.05) is 0 Å². The zero-order valence-electron chi connectivity index (χ0n) is 11.5. The highest BCUT2D eigenvalue weighted by Gasteiger charge is 2.30. The van der Waals surface area contributed by atoms with E-state index in [4.69, 9.17) is 5.73 Å². The van der Waals surface area contributed by atoms with Crippen molar-refractivity contribution in [3.8, 4) is 0 Å². The van der Waals surface area contributed by atoms with Crippen LogP contribution in [0.3, 0.4) is 0 Å². The molecular formula is C17H16F3N. The van der Waals surface area contributed by atoms with Crippen LogP contribution in [0.1, 0.15) is 40.3 Å². The first-order valence-corrected chi connectivity index (χ1v) is 6.99. The van der Waals surface area contributed by atoms with Gasteiger partial charge < -0.3 is 5.73 Å². The summed E-state index contributed by atoms with van der Waals surface area (Å²) in [7, 11) is 0. The molecule has 1 nitrogen and oxygen atoms in total. The molecule has 3 rings (SSSR count).